The second-order valence-electron chi connectivity index (χ2n) is 5.89. The van der Waals surface area contributed by atoms with Crippen molar-refractivity contribution in [2.24, 2.45) is 0 Å². The Hall–Kier alpha value is -3.10. The van der Waals surface area contributed by atoms with E-state index in [-0.39, 0.29) is 29.4 Å². The molecule has 1 aromatic heterocycles. The van der Waals surface area contributed by atoms with E-state index >= 15 is 0 Å². The molecule has 1 aromatic carbocycles. The smallest absolute Gasteiger partial charge is 0.330 e. The molecule has 0 fully saturated rings. The number of halogens is 1. The molecule has 1 amide bonds. The Morgan fingerprint density at radius 2 is 2.04 bits per heavy atom. The van der Waals surface area contributed by atoms with Gasteiger partial charge in [-0.15, -0.1) is 0 Å². The van der Waals surface area contributed by atoms with Crippen LogP contribution in [-0.2, 0) is 6.54 Å². The number of aromatic amines is 1. The SMILES string of the molecule is CCCCn1c(N)c(N(CC)C(=O)c2cc(F)ccc2OC)c(=O)[nH]c1=O. The van der Waals surface area contributed by atoms with Crippen LogP contribution in [0.5, 0.6) is 5.75 Å². The monoisotopic (exact) mass is 378 g/mol. The van der Waals surface area contributed by atoms with E-state index in [1.54, 1.807) is 6.92 Å². The number of hydrogen-bond acceptors (Lipinski definition) is 5. The van der Waals surface area contributed by atoms with Crippen molar-refractivity contribution >= 4 is 17.4 Å². The van der Waals surface area contributed by atoms with Crippen LogP contribution >= 0.6 is 0 Å². The van der Waals surface area contributed by atoms with E-state index < -0.39 is 23.0 Å². The van der Waals surface area contributed by atoms with E-state index in [1.807, 2.05) is 6.92 Å². The third-order valence-electron chi connectivity index (χ3n) is 4.17. The van der Waals surface area contributed by atoms with Gasteiger partial charge in [0.25, 0.3) is 11.5 Å². The fourth-order valence-corrected chi connectivity index (χ4v) is 2.77. The lowest BCUT2D eigenvalue weighted by molar-refractivity contribution is 0.0984. The Labute approximate surface area is 155 Å². The Balaban J connectivity index is 2.61. The molecule has 2 rings (SSSR count). The molecule has 0 aliphatic rings. The Morgan fingerprint density at radius 1 is 1.33 bits per heavy atom. The van der Waals surface area contributed by atoms with Gasteiger partial charge >= 0.3 is 5.69 Å². The van der Waals surface area contributed by atoms with Crippen molar-refractivity contribution in [3.8, 4) is 5.75 Å². The van der Waals surface area contributed by atoms with Gasteiger partial charge in [0.2, 0.25) is 0 Å². The zero-order valence-electron chi connectivity index (χ0n) is 15.5. The third kappa shape index (κ3) is 4.02. The second-order valence-corrected chi connectivity index (χ2v) is 5.89. The molecule has 9 heteroatoms. The molecule has 0 saturated carbocycles. The number of carbonyl (C=O) groups is 1. The Kier molecular flexibility index (Phi) is 6.38. The maximum atomic E-state index is 13.7. The average Bonchev–Trinajstić information content (AvgIpc) is 2.64. The number of carbonyl (C=O) groups excluding carboxylic acids is 1. The number of methoxy groups -OCH3 is 1. The predicted octanol–water partition coefficient (Wildman–Crippen LogP) is 1.73. The molecular formula is C18H23FN4O4. The van der Waals surface area contributed by atoms with Crippen molar-refractivity contribution in [2.45, 2.75) is 33.2 Å². The first-order valence-corrected chi connectivity index (χ1v) is 8.63. The lowest BCUT2D eigenvalue weighted by Crippen LogP contribution is -2.41. The van der Waals surface area contributed by atoms with Crippen LogP contribution in [0.15, 0.2) is 27.8 Å². The molecular weight excluding hydrogens is 355 g/mol. The van der Waals surface area contributed by atoms with Gasteiger partial charge in [-0.25, -0.2) is 9.18 Å². The van der Waals surface area contributed by atoms with Gasteiger partial charge in [-0.2, -0.15) is 0 Å². The maximum absolute atomic E-state index is 13.7. The molecule has 1 heterocycles. The molecule has 0 aliphatic carbocycles. The van der Waals surface area contributed by atoms with Gasteiger partial charge in [-0.1, -0.05) is 13.3 Å². The summed E-state index contributed by atoms with van der Waals surface area (Å²) in [5.41, 5.74) is 4.44. The third-order valence-corrected chi connectivity index (χ3v) is 4.17. The molecule has 8 nitrogen and oxygen atoms in total. The number of hydrogen-bond donors (Lipinski definition) is 2. The lowest BCUT2D eigenvalue weighted by Gasteiger charge is -2.24. The average molecular weight is 378 g/mol. The molecule has 0 aliphatic heterocycles. The summed E-state index contributed by atoms with van der Waals surface area (Å²) in [4.78, 5) is 40.8. The van der Waals surface area contributed by atoms with Crippen molar-refractivity contribution in [2.75, 3.05) is 24.3 Å². The number of amides is 1. The van der Waals surface area contributed by atoms with Crippen molar-refractivity contribution in [1.82, 2.24) is 9.55 Å². The minimum atomic E-state index is -0.782. The van der Waals surface area contributed by atoms with Gasteiger partial charge in [0.1, 0.15) is 17.4 Å². The highest BCUT2D eigenvalue weighted by Crippen LogP contribution is 2.25. The molecule has 3 N–H and O–H groups in total. The number of benzene rings is 1. The number of nitrogen functional groups attached to an aromatic ring is 1. The van der Waals surface area contributed by atoms with Crippen LogP contribution in [0.25, 0.3) is 0 Å². The van der Waals surface area contributed by atoms with E-state index in [4.69, 9.17) is 10.5 Å². The first kappa shape index (κ1) is 20.2. The van der Waals surface area contributed by atoms with Crippen molar-refractivity contribution in [3.63, 3.8) is 0 Å². The molecule has 0 radical (unpaired) electrons. The summed E-state index contributed by atoms with van der Waals surface area (Å²) >= 11 is 0. The highest BCUT2D eigenvalue weighted by Gasteiger charge is 2.26. The summed E-state index contributed by atoms with van der Waals surface area (Å²) in [5, 5.41) is 0. The van der Waals surface area contributed by atoms with Crippen LogP contribution in [0.3, 0.4) is 0 Å². The van der Waals surface area contributed by atoms with E-state index in [9.17, 15) is 18.8 Å². The Morgan fingerprint density at radius 3 is 2.63 bits per heavy atom. The number of ether oxygens (including phenoxy) is 1. The summed E-state index contributed by atoms with van der Waals surface area (Å²) in [6.07, 6.45) is 1.49. The predicted molar refractivity (Wildman–Crippen MR) is 101 cm³/mol. The van der Waals surface area contributed by atoms with E-state index in [0.29, 0.717) is 13.0 Å². The van der Waals surface area contributed by atoms with Gasteiger partial charge in [-0.05, 0) is 31.5 Å². The van der Waals surface area contributed by atoms with Crippen LogP contribution < -0.4 is 26.6 Å². The minimum absolute atomic E-state index is 0.0514. The number of rotatable bonds is 7. The Bertz CT molecular complexity index is 951. The number of H-pyrrole nitrogens is 1. The fourth-order valence-electron chi connectivity index (χ4n) is 2.77. The summed E-state index contributed by atoms with van der Waals surface area (Å²) in [6, 6.07) is 3.52. The van der Waals surface area contributed by atoms with E-state index in [0.717, 1.165) is 23.5 Å². The molecule has 0 saturated heterocycles. The largest absolute Gasteiger partial charge is 0.496 e. The summed E-state index contributed by atoms with van der Waals surface area (Å²) in [6.45, 7) is 3.98. The number of nitrogens with one attached hydrogen (secondary N) is 1. The zero-order valence-corrected chi connectivity index (χ0v) is 15.5. The van der Waals surface area contributed by atoms with Crippen LogP contribution in [0.1, 0.15) is 37.0 Å². The van der Waals surface area contributed by atoms with Gasteiger partial charge in [0, 0.05) is 13.1 Å². The van der Waals surface area contributed by atoms with Crippen LogP contribution in [0, 0.1) is 5.82 Å². The van der Waals surface area contributed by atoms with E-state index in [2.05, 4.69) is 4.98 Å². The highest BCUT2D eigenvalue weighted by molar-refractivity contribution is 6.08. The first-order chi connectivity index (χ1) is 12.8. The quantitative estimate of drug-likeness (QED) is 0.762. The first-order valence-electron chi connectivity index (χ1n) is 8.63. The van der Waals surface area contributed by atoms with Gasteiger partial charge < -0.3 is 15.4 Å². The second kappa shape index (κ2) is 8.52. The maximum Gasteiger partial charge on any atom is 0.330 e. The number of aromatic nitrogens is 2. The molecule has 0 bridgehead atoms. The number of nitrogens with zero attached hydrogens (tertiary/aromatic N) is 2. The highest BCUT2D eigenvalue weighted by atomic mass is 19.1. The molecule has 0 atom stereocenters. The number of anilines is 2. The topological polar surface area (TPSA) is 110 Å². The lowest BCUT2D eigenvalue weighted by atomic mass is 10.1. The van der Waals surface area contributed by atoms with Crippen LogP contribution in [0.4, 0.5) is 15.9 Å². The van der Waals surface area contributed by atoms with Crippen LogP contribution in [0.2, 0.25) is 0 Å². The molecule has 0 unspecified atom stereocenters. The summed E-state index contributed by atoms with van der Waals surface area (Å²) in [7, 11) is 1.35. The fraction of sp³-hybridized carbons (Fsp3) is 0.389. The number of nitrogens with two attached hydrogens (primary N) is 1. The molecule has 146 valence electrons. The zero-order chi connectivity index (χ0) is 20.1. The van der Waals surface area contributed by atoms with Crippen molar-refractivity contribution in [1.29, 1.82) is 0 Å². The standard InChI is InChI=1S/C18H23FN4O4/c1-4-6-9-23-15(20)14(16(24)21-18(23)26)22(5-2)17(25)12-10-11(19)7-8-13(12)27-3/h7-8,10H,4-6,9,20H2,1-3H3,(H,21,24,26). The summed E-state index contributed by atoms with van der Waals surface area (Å²) in [5.74, 6) is -1.23. The van der Waals surface area contributed by atoms with Crippen molar-refractivity contribution < 1.29 is 13.9 Å². The van der Waals surface area contributed by atoms with Gasteiger partial charge in [0.15, 0.2) is 5.69 Å². The minimum Gasteiger partial charge on any atom is -0.496 e. The van der Waals surface area contributed by atoms with Gasteiger partial charge in [-0.3, -0.25) is 19.1 Å². The van der Waals surface area contributed by atoms with Crippen LogP contribution in [-0.4, -0.2) is 29.1 Å². The number of unbranched alkanes of at least 4 members (excludes halogenated alkanes) is 1. The van der Waals surface area contributed by atoms with Crippen molar-refractivity contribution in [3.05, 3.63) is 50.4 Å². The normalized spacial score (nSPS) is 10.7. The molecule has 2 aromatic rings. The summed E-state index contributed by atoms with van der Waals surface area (Å²) < 4.78 is 20.0. The molecule has 27 heavy (non-hydrogen) atoms. The molecule has 0 spiro atoms. The van der Waals surface area contributed by atoms with Gasteiger partial charge in [0.05, 0.1) is 12.7 Å². The van der Waals surface area contributed by atoms with E-state index in [1.165, 1.54) is 17.7 Å².